The Labute approximate surface area is 249 Å². The maximum Gasteiger partial charge on any atom is 0.300 e. The third kappa shape index (κ3) is 14.3. The van der Waals surface area contributed by atoms with Crippen LogP contribution in [0.25, 0.3) is 0 Å². The number of carboxylic acid groups (broad SMARTS) is 1. The second-order valence-corrected chi connectivity index (χ2v) is 12.2. The minimum Gasteiger partial charge on any atom is -0.493 e. The van der Waals surface area contributed by atoms with Crippen molar-refractivity contribution in [3.8, 4) is 0 Å². The number of hydrogen-bond acceptors (Lipinski definition) is 6. The zero-order valence-electron chi connectivity index (χ0n) is 27.2. The number of hydrogen-bond donors (Lipinski definition) is 1. The monoisotopic (exact) mass is 578 g/mol. The van der Waals surface area contributed by atoms with Crippen LogP contribution >= 0.6 is 0 Å². The number of amides is 1. The maximum absolute atomic E-state index is 10.4. The third-order valence-corrected chi connectivity index (χ3v) is 7.92. The van der Waals surface area contributed by atoms with E-state index < -0.39 is 5.97 Å². The molecule has 3 rings (SSSR count). The molecule has 8 nitrogen and oxygen atoms in total. The molecule has 2 saturated heterocycles. The number of rotatable bonds is 14. The van der Waals surface area contributed by atoms with Gasteiger partial charge >= 0.3 is 0 Å². The molecule has 8 heteroatoms. The molecule has 2 bridgehead atoms. The van der Waals surface area contributed by atoms with E-state index >= 15 is 0 Å². The Morgan fingerprint density at radius 2 is 1.76 bits per heavy atom. The maximum atomic E-state index is 10.4. The molecule has 0 spiro atoms. The summed E-state index contributed by atoms with van der Waals surface area (Å²) in [6.45, 7) is 15.7. The van der Waals surface area contributed by atoms with E-state index in [9.17, 15) is 4.79 Å². The molecule has 0 aromatic carbocycles. The molecule has 2 heterocycles. The predicted octanol–water partition coefficient (Wildman–Crippen LogP) is 7.13. The molecule has 1 aliphatic carbocycles. The van der Waals surface area contributed by atoms with Gasteiger partial charge in [0.15, 0.2) is 5.76 Å². The van der Waals surface area contributed by atoms with Crippen LogP contribution in [0.15, 0.2) is 35.0 Å². The number of nitrogens with zero attached hydrogens (tertiary/aromatic N) is 2. The highest BCUT2D eigenvalue weighted by atomic mass is 16.7. The Bertz CT molecular complexity index is 867. The molecule has 0 radical (unpaired) electrons. The van der Waals surface area contributed by atoms with E-state index in [1.54, 1.807) is 7.11 Å². The smallest absolute Gasteiger partial charge is 0.300 e. The minimum absolute atomic E-state index is 0.287. The number of unbranched alkanes of at least 4 members (excludes halogenated alkanes) is 2. The lowest BCUT2D eigenvalue weighted by atomic mass is 9.81. The highest BCUT2D eigenvalue weighted by molar-refractivity contribution is 5.62. The molecule has 0 unspecified atom stereocenters. The number of methoxy groups -OCH3 is 1. The van der Waals surface area contributed by atoms with Gasteiger partial charge in [-0.05, 0) is 74.6 Å². The van der Waals surface area contributed by atoms with Crippen LogP contribution in [0.5, 0.6) is 0 Å². The van der Waals surface area contributed by atoms with Gasteiger partial charge in [0.1, 0.15) is 11.5 Å². The van der Waals surface area contributed by atoms with Gasteiger partial charge in [0, 0.05) is 32.6 Å². The summed E-state index contributed by atoms with van der Waals surface area (Å²) < 4.78 is 16.9. The first kappa shape index (κ1) is 36.5. The molecular weight excluding hydrogens is 520 g/mol. The van der Waals surface area contributed by atoms with Crippen LogP contribution in [0, 0.1) is 11.3 Å². The summed E-state index contributed by atoms with van der Waals surface area (Å²) in [5.41, 5.74) is 1.77. The van der Waals surface area contributed by atoms with Gasteiger partial charge in [-0.15, -0.1) is 0 Å². The number of ether oxygens (including phenoxy) is 3. The molecule has 2 aliphatic heterocycles. The molecule has 3 aliphatic rings. The van der Waals surface area contributed by atoms with Gasteiger partial charge in [-0.2, -0.15) is 0 Å². The summed E-state index contributed by atoms with van der Waals surface area (Å²) in [4.78, 5) is 23.9. The van der Waals surface area contributed by atoms with E-state index in [4.69, 9.17) is 24.1 Å². The zero-order valence-corrected chi connectivity index (χ0v) is 27.2. The van der Waals surface area contributed by atoms with Crippen LogP contribution in [-0.2, 0) is 23.8 Å². The van der Waals surface area contributed by atoms with Gasteiger partial charge in [-0.25, -0.2) is 0 Å². The van der Waals surface area contributed by atoms with Crippen molar-refractivity contribution in [1.82, 2.24) is 9.80 Å². The Morgan fingerprint density at radius 1 is 1.12 bits per heavy atom. The Morgan fingerprint density at radius 3 is 2.29 bits per heavy atom. The van der Waals surface area contributed by atoms with E-state index in [-0.39, 0.29) is 6.79 Å². The van der Waals surface area contributed by atoms with Crippen LogP contribution in [0.2, 0.25) is 0 Å². The fourth-order valence-electron chi connectivity index (χ4n) is 5.51. The lowest BCUT2D eigenvalue weighted by Gasteiger charge is -2.27. The van der Waals surface area contributed by atoms with E-state index in [1.165, 1.54) is 37.7 Å². The third-order valence-electron chi connectivity index (χ3n) is 7.92. The molecule has 2 fully saturated rings. The number of carbonyl (C=O) groups excluding carboxylic acids is 1. The topological polar surface area (TPSA) is 88.5 Å². The molecule has 0 saturated carbocycles. The highest BCUT2D eigenvalue weighted by Crippen LogP contribution is 2.38. The largest absolute Gasteiger partial charge is 0.493 e. The molecule has 2 atom stereocenters. The SMILES string of the molecule is CC(=O)O.CCCC(C)(C)CC[C@H]1C[C@@H](C2=CC(OC)=C3CC(=C2)OCO3)CN1C.CCCCN(C=O)CCCC. The first-order valence-electron chi connectivity index (χ1n) is 15.5. The molecule has 236 valence electrons. The van der Waals surface area contributed by atoms with Gasteiger partial charge in [-0.1, -0.05) is 53.9 Å². The number of carbonyl (C=O) groups is 2. The fourth-order valence-corrected chi connectivity index (χ4v) is 5.51. The van der Waals surface area contributed by atoms with Gasteiger partial charge in [0.25, 0.3) is 5.97 Å². The standard InChI is InChI=1S/C22H35NO3.C9H19NO.C2H4O2/c1-6-8-22(2,3)9-7-18-10-17(14-23(18)4)16-11-19-13-21(26-15-25-19)20(12-16)24-5;1-3-5-7-10(9-11)8-6-4-2;1-2(3)4/h11-12,17-18H,6-10,13-15H2,1-5H3;9H,3-8H2,1-2H3;1H3,(H,3,4)/t17-,18+;;/m1../s1. The Kier molecular flexibility index (Phi) is 17.5. The second kappa shape index (κ2) is 19.6. The van der Waals surface area contributed by atoms with Crippen LogP contribution in [0.1, 0.15) is 106 Å². The van der Waals surface area contributed by atoms with Crippen LogP contribution in [0.4, 0.5) is 0 Å². The zero-order chi connectivity index (χ0) is 30.8. The van der Waals surface area contributed by atoms with Crippen molar-refractivity contribution >= 4 is 12.4 Å². The van der Waals surface area contributed by atoms with Crippen molar-refractivity contribution in [1.29, 1.82) is 0 Å². The summed E-state index contributed by atoms with van der Waals surface area (Å²) in [6.07, 6.45) is 17.0. The predicted molar refractivity (Wildman–Crippen MR) is 165 cm³/mol. The lowest BCUT2D eigenvalue weighted by Crippen LogP contribution is -2.26. The van der Waals surface area contributed by atoms with Crippen molar-refractivity contribution in [2.45, 2.75) is 112 Å². The van der Waals surface area contributed by atoms with Crippen molar-refractivity contribution in [2.24, 2.45) is 11.3 Å². The number of aliphatic carboxylic acids is 1. The molecular formula is C33H58N2O6. The highest BCUT2D eigenvalue weighted by Gasteiger charge is 2.34. The average molecular weight is 579 g/mol. The van der Waals surface area contributed by atoms with Gasteiger partial charge < -0.3 is 29.1 Å². The van der Waals surface area contributed by atoms with Gasteiger partial charge in [0.05, 0.1) is 13.5 Å². The second-order valence-electron chi connectivity index (χ2n) is 12.2. The first-order valence-corrected chi connectivity index (χ1v) is 15.5. The molecule has 1 amide bonds. The number of carboxylic acids is 1. The summed E-state index contributed by atoms with van der Waals surface area (Å²) in [5.74, 6) is 2.44. The fraction of sp³-hybridized carbons (Fsp3) is 0.758. The molecule has 0 aromatic heterocycles. The van der Waals surface area contributed by atoms with E-state index in [1.807, 2.05) is 4.90 Å². The molecule has 1 N–H and O–H groups in total. The number of allylic oxidation sites excluding steroid dienone is 2. The van der Waals surface area contributed by atoms with Crippen LogP contribution < -0.4 is 0 Å². The molecule has 41 heavy (non-hydrogen) atoms. The summed E-state index contributed by atoms with van der Waals surface area (Å²) >= 11 is 0. The average Bonchev–Trinajstić information content (AvgIpc) is 3.24. The molecule has 0 aromatic rings. The normalized spacial score (nSPS) is 20.1. The van der Waals surface area contributed by atoms with E-state index in [2.05, 4.69) is 58.7 Å². The Hall–Kier alpha value is -2.48. The Balaban J connectivity index is 0.000000468. The summed E-state index contributed by atoms with van der Waals surface area (Å²) in [5, 5.41) is 7.42. The van der Waals surface area contributed by atoms with Crippen molar-refractivity contribution in [3.05, 3.63) is 35.0 Å². The van der Waals surface area contributed by atoms with Crippen LogP contribution in [-0.4, -0.2) is 73.9 Å². The van der Waals surface area contributed by atoms with E-state index in [0.29, 0.717) is 23.8 Å². The number of likely N-dealkylation sites (tertiary alicyclic amines) is 1. The van der Waals surface area contributed by atoms with Crippen molar-refractivity contribution in [2.75, 3.05) is 40.6 Å². The lowest BCUT2D eigenvalue weighted by molar-refractivity contribution is -0.134. The van der Waals surface area contributed by atoms with Crippen molar-refractivity contribution in [3.63, 3.8) is 0 Å². The van der Waals surface area contributed by atoms with E-state index in [0.717, 1.165) is 75.9 Å². The summed E-state index contributed by atoms with van der Waals surface area (Å²) in [6, 6.07) is 0.661. The quantitative estimate of drug-likeness (QED) is 0.219. The summed E-state index contributed by atoms with van der Waals surface area (Å²) in [7, 11) is 4.00. The number of fused-ring (bicyclic) bond motifs is 2. The van der Waals surface area contributed by atoms with Crippen molar-refractivity contribution < 1.29 is 28.9 Å². The first-order chi connectivity index (χ1) is 19.5. The van der Waals surface area contributed by atoms with Crippen LogP contribution in [0.3, 0.4) is 0 Å². The minimum atomic E-state index is -0.833. The van der Waals surface area contributed by atoms with Gasteiger partial charge in [-0.3, -0.25) is 9.59 Å². The van der Waals surface area contributed by atoms with Gasteiger partial charge in [0.2, 0.25) is 13.2 Å².